The molecule has 0 spiro atoms. The van der Waals surface area contributed by atoms with Crippen LogP contribution in [-0.2, 0) is 6.42 Å². The summed E-state index contributed by atoms with van der Waals surface area (Å²) < 4.78 is 13.0. The largest absolute Gasteiger partial charge is 0.388 e. The topological polar surface area (TPSA) is 20.2 Å². The monoisotopic (exact) mass is 278 g/mol. The molecule has 0 radical (unpaired) electrons. The number of aliphatic hydroxyl groups is 1. The van der Waals surface area contributed by atoms with E-state index in [9.17, 15) is 9.50 Å². The lowest BCUT2D eigenvalue weighted by Gasteiger charge is -2.14. The molecule has 0 bridgehead atoms. The summed E-state index contributed by atoms with van der Waals surface area (Å²) in [4.78, 5) is 0. The van der Waals surface area contributed by atoms with E-state index in [2.05, 4.69) is 6.07 Å². The molecule has 0 aliphatic rings. The predicted molar refractivity (Wildman–Crippen MR) is 76.0 cm³/mol. The van der Waals surface area contributed by atoms with Gasteiger partial charge in [0.25, 0.3) is 0 Å². The van der Waals surface area contributed by atoms with Crippen LogP contribution in [-0.4, -0.2) is 5.11 Å². The van der Waals surface area contributed by atoms with Crippen molar-refractivity contribution in [1.82, 2.24) is 0 Å². The zero-order valence-corrected chi connectivity index (χ0v) is 11.7. The minimum atomic E-state index is -0.728. The first-order valence-electron chi connectivity index (χ1n) is 6.16. The first kappa shape index (κ1) is 14.0. The number of benzene rings is 2. The molecule has 1 unspecified atom stereocenters. The molecular formula is C16H16ClFO. The maximum atomic E-state index is 13.0. The lowest BCUT2D eigenvalue weighted by atomic mass is 9.98. The molecular weight excluding hydrogens is 263 g/mol. The van der Waals surface area contributed by atoms with E-state index in [4.69, 9.17) is 11.6 Å². The minimum Gasteiger partial charge on any atom is -0.388 e. The Labute approximate surface area is 117 Å². The molecule has 3 heteroatoms. The van der Waals surface area contributed by atoms with E-state index in [0.29, 0.717) is 12.0 Å². The summed E-state index contributed by atoms with van der Waals surface area (Å²) in [6.45, 7) is 4.04. The molecule has 0 amide bonds. The Kier molecular flexibility index (Phi) is 4.23. The van der Waals surface area contributed by atoms with E-state index in [1.165, 1.54) is 18.2 Å². The third-order valence-corrected chi connectivity index (χ3v) is 3.36. The first-order valence-corrected chi connectivity index (χ1v) is 6.53. The van der Waals surface area contributed by atoms with Crippen molar-refractivity contribution in [3.63, 3.8) is 0 Å². The Bertz CT molecular complexity index is 575. The van der Waals surface area contributed by atoms with Crippen molar-refractivity contribution in [3.8, 4) is 0 Å². The second-order valence-corrected chi connectivity index (χ2v) is 5.29. The standard InChI is InChI=1S/C16H16ClFO/c1-10-5-11(2)7-12(6-10)8-16(19)14-4-3-13(18)9-15(14)17/h3-7,9,16,19H,8H2,1-2H3. The molecule has 1 atom stereocenters. The molecule has 0 saturated carbocycles. The van der Waals surface area contributed by atoms with Crippen molar-refractivity contribution in [2.24, 2.45) is 0 Å². The van der Waals surface area contributed by atoms with Gasteiger partial charge in [-0.05, 0) is 37.1 Å². The molecule has 1 nitrogen and oxygen atoms in total. The van der Waals surface area contributed by atoms with Crippen LogP contribution < -0.4 is 0 Å². The van der Waals surface area contributed by atoms with Gasteiger partial charge < -0.3 is 5.11 Å². The summed E-state index contributed by atoms with van der Waals surface area (Å²) in [6, 6.07) is 10.2. The van der Waals surface area contributed by atoms with Crippen LogP contribution in [0.3, 0.4) is 0 Å². The number of hydrogen-bond donors (Lipinski definition) is 1. The van der Waals surface area contributed by atoms with Crippen molar-refractivity contribution >= 4 is 11.6 Å². The fourth-order valence-corrected chi connectivity index (χ4v) is 2.58. The van der Waals surface area contributed by atoms with Gasteiger partial charge in [0, 0.05) is 11.4 Å². The SMILES string of the molecule is Cc1cc(C)cc(CC(O)c2ccc(F)cc2Cl)c1. The van der Waals surface area contributed by atoms with Crippen LogP contribution >= 0.6 is 11.6 Å². The summed E-state index contributed by atoms with van der Waals surface area (Å²) in [5.41, 5.74) is 3.92. The molecule has 2 rings (SSSR count). The zero-order valence-electron chi connectivity index (χ0n) is 11.0. The molecule has 100 valence electrons. The van der Waals surface area contributed by atoms with Crippen LogP contribution in [0.2, 0.25) is 5.02 Å². The molecule has 19 heavy (non-hydrogen) atoms. The summed E-state index contributed by atoms with van der Waals surface area (Å²) in [6.07, 6.45) is -0.261. The highest BCUT2D eigenvalue weighted by atomic mass is 35.5. The number of hydrogen-bond acceptors (Lipinski definition) is 1. The number of aliphatic hydroxyl groups excluding tert-OH is 1. The molecule has 1 N–H and O–H groups in total. The summed E-state index contributed by atoms with van der Waals surface area (Å²) in [7, 11) is 0. The third kappa shape index (κ3) is 3.55. The number of halogens is 2. The third-order valence-electron chi connectivity index (χ3n) is 3.03. The van der Waals surface area contributed by atoms with Gasteiger partial charge in [0.05, 0.1) is 6.10 Å². The van der Waals surface area contributed by atoms with Gasteiger partial charge in [-0.25, -0.2) is 4.39 Å². The molecule has 0 saturated heterocycles. The molecule has 0 aromatic heterocycles. The molecule has 0 aliphatic heterocycles. The van der Waals surface area contributed by atoms with Gasteiger partial charge in [-0.15, -0.1) is 0 Å². The van der Waals surface area contributed by atoms with Crippen molar-refractivity contribution < 1.29 is 9.50 Å². The normalized spacial score (nSPS) is 12.5. The van der Waals surface area contributed by atoms with E-state index in [1.807, 2.05) is 26.0 Å². The quantitative estimate of drug-likeness (QED) is 0.884. The van der Waals surface area contributed by atoms with Gasteiger partial charge in [0.1, 0.15) is 5.82 Å². The zero-order chi connectivity index (χ0) is 14.0. The van der Waals surface area contributed by atoms with Gasteiger partial charge >= 0.3 is 0 Å². The van der Waals surface area contributed by atoms with Crippen molar-refractivity contribution in [3.05, 3.63) is 69.5 Å². The Morgan fingerprint density at radius 2 is 1.74 bits per heavy atom. The molecule has 0 aliphatic carbocycles. The maximum Gasteiger partial charge on any atom is 0.124 e. The van der Waals surface area contributed by atoms with E-state index in [-0.39, 0.29) is 5.02 Å². The van der Waals surface area contributed by atoms with E-state index in [1.54, 1.807) is 0 Å². The molecule has 2 aromatic rings. The molecule has 0 heterocycles. The second-order valence-electron chi connectivity index (χ2n) is 4.88. The highest BCUT2D eigenvalue weighted by molar-refractivity contribution is 6.31. The Hall–Kier alpha value is -1.38. The fraction of sp³-hybridized carbons (Fsp3) is 0.250. The average Bonchev–Trinajstić information content (AvgIpc) is 2.26. The first-order chi connectivity index (χ1) is 8.95. The van der Waals surface area contributed by atoms with Gasteiger partial charge in [0.2, 0.25) is 0 Å². The van der Waals surface area contributed by atoms with Crippen molar-refractivity contribution in [1.29, 1.82) is 0 Å². The van der Waals surface area contributed by atoms with E-state index >= 15 is 0 Å². The van der Waals surface area contributed by atoms with Gasteiger partial charge in [-0.2, -0.15) is 0 Å². The van der Waals surface area contributed by atoms with Gasteiger partial charge in [0.15, 0.2) is 0 Å². The second kappa shape index (κ2) is 5.72. The van der Waals surface area contributed by atoms with Crippen LogP contribution in [0, 0.1) is 19.7 Å². The van der Waals surface area contributed by atoms with Crippen LogP contribution in [0.25, 0.3) is 0 Å². The summed E-state index contributed by atoms with van der Waals surface area (Å²) >= 11 is 5.95. The average molecular weight is 279 g/mol. The van der Waals surface area contributed by atoms with Crippen LogP contribution in [0.15, 0.2) is 36.4 Å². The Balaban J connectivity index is 2.22. The fourth-order valence-electron chi connectivity index (χ4n) is 2.29. The number of aryl methyl sites for hydroxylation is 2. The molecule has 2 aromatic carbocycles. The van der Waals surface area contributed by atoms with Crippen molar-refractivity contribution in [2.45, 2.75) is 26.4 Å². The minimum absolute atomic E-state index is 0.261. The maximum absolute atomic E-state index is 13.0. The Morgan fingerprint density at radius 1 is 1.11 bits per heavy atom. The van der Waals surface area contributed by atoms with E-state index in [0.717, 1.165) is 16.7 Å². The lowest BCUT2D eigenvalue weighted by molar-refractivity contribution is 0.178. The van der Waals surface area contributed by atoms with Crippen LogP contribution in [0.5, 0.6) is 0 Å². The van der Waals surface area contributed by atoms with Crippen LogP contribution in [0.4, 0.5) is 4.39 Å². The molecule has 0 fully saturated rings. The van der Waals surface area contributed by atoms with Crippen LogP contribution in [0.1, 0.15) is 28.4 Å². The van der Waals surface area contributed by atoms with Crippen molar-refractivity contribution in [2.75, 3.05) is 0 Å². The highest BCUT2D eigenvalue weighted by Gasteiger charge is 2.13. The summed E-state index contributed by atoms with van der Waals surface area (Å²) in [5.74, 6) is -0.396. The lowest BCUT2D eigenvalue weighted by Crippen LogP contribution is -2.03. The highest BCUT2D eigenvalue weighted by Crippen LogP contribution is 2.27. The van der Waals surface area contributed by atoms with E-state index < -0.39 is 11.9 Å². The van der Waals surface area contributed by atoms with Gasteiger partial charge in [-0.3, -0.25) is 0 Å². The summed E-state index contributed by atoms with van der Waals surface area (Å²) in [5, 5.41) is 10.5. The number of rotatable bonds is 3. The predicted octanol–water partition coefficient (Wildman–Crippen LogP) is 4.37. The smallest absolute Gasteiger partial charge is 0.124 e. The Morgan fingerprint density at radius 3 is 2.32 bits per heavy atom. The van der Waals surface area contributed by atoms with Gasteiger partial charge in [-0.1, -0.05) is 47.0 Å².